The van der Waals surface area contributed by atoms with Gasteiger partial charge in [-0.1, -0.05) is 152 Å². The predicted octanol–water partition coefficient (Wildman–Crippen LogP) is 13.3. The van der Waals surface area contributed by atoms with Crippen LogP contribution in [0.15, 0.2) is 197 Å². The van der Waals surface area contributed by atoms with Crippen LogP contribution < -0.4 is 4.90 Å². The van der Waals surface area contributed by atoms with Crippen molar-refractivity contribution in [2.75, 3.05) is 4.90 Å². The van der Waals surface area contributed by atoms with Crippen molar-refractivity contribution in [1.82, 2.24) is 0 Å². The molecule has 0 unspecified atom stereocenters. The molecule has 3 heteroatoms. The maximum absolute atomic E-state index is 6.73. The van der Waals surface area contributed by atoms with Crippen molar-refractivity contribution in [3.05, 3.63) is 210 Å². The van der Waals surface area contributed by atoms with Crippen molar-refractivity contribution in [1.29, 1.82) is 0 Å². The van der Waals surface area contributed by atoms with Crippen molar-refractivity contribution in [3.8, 4) is 11.1 Å². The third-order valence-corrected chi connectivity index (χ3v) is 10.9. The number of hydrogen-bond donors (Lipinski definition) is 0. The van der Waals surface area contributed by atoms with E-state index in [1.807, 2.05) is 24.3 Å². The van der Waals surface area contributed by atoms with Gasteiger partial charge in [-0.05, 0) is 69.8 Å². The first-order chi connectivity index (χ1) is 25.8. The first kappa shape index (κ1) is 28.9. The van der Waals surface area contributed by atoms with E-state index >= 15 is 0 Å². The summed E-state index contributed by atoms with van der Waals surface area (Å²) in [6.45, 7) is 0. The lowest BCUT2D eigenvalue weighted by molar-refractivity contribution is 0.666. The molecule has 2 aromatic heterocycles. The van der Waals surface area contributed by atoms with E-state index in [0.29, 0.717) is 0 Å². The van der Waals surface area contributed by atoms with Crippen molar-refractivity contribution < 1.29 is 8.83 Å². The molecule has 52 heavy (non-hydrogen) atoms. The summed E-state index contributed by atoms with van der Waals surface area (Å²) < 4.78 is 13.5. The van der Waals surface area contributed by atoms with Gasteiger partial charge >= 0.3 is 0 Å². The van der Waals surface area contributed by atoms with E-state index in [1.54, 1.807) is 0 Å². The third kappa shape index (κ3) is 3.96. The molecule has 0 aliphatic heterocycles. The Kier molecular flexibility index (Phi) is 6.17. The van der Waals surface area contributed by atoms with E-state index in [0.717, 1.165) is 60.9 Å². The molecule has 0 radical (unpaired) electrons. The number of hydrogen-bond acceptors (Lipinski definition) is 3. The Morgan fingerprint density at radius 2 is 0.846 bits per heavy atom. The number of benzene rings is 8. The minimum atomic E-state index is -0.535. The molecule has 244 valence electrons. The number of fused-ring (bicyclic) bond motifs is 9. The zero-order valence-corrected chi connectivity index (χ0v) is 28.2. The standard InChI is InChI=1S/C49H31NO2/c1-3-15-32(16-4-1)49(33-17-5-2-6-18-33)41-24-10-7-19-35(41)36-30-29-34(31-42(36)49)50(43-25-13-22-39-37-20-8-11-27-45(37)51-47(39)43)44-26-14-23-40-38-21-9-12-28-46(38)52-48(40)44/h1-31H. The van der Waals surface area contributed by atoms with Crippen LogP contribution in [0.4, 0.5) is 17.1 Å². The smallest absolute Gasteiger partial charge is 0.159 e. The molecule has 0 saturated carbocycles. The molecule has 0 fully saturated rings. The molecule has 0 atom stereocenters. The maximum Gasteiger partial charge on any atom is 0.159 e. The molecule has 10 aromatic rings. The van der Waals surface area contributed by atoms with Gasteiger partial charge in [-0.25, -0.2) is 0 Å². The van der Waals surface area contributed by atoms with Crippen molar-refractivity contribution in [3.63, 3.8) is 0 Å². The Hall–Kier alpha value is -6.84. The van der Waals surface area contributed by atoms with Crippen molar-refractivity contribution in [2.24, 2.45) is 0 Å². The molecular weight excluding hydrogens is 635 g/mol. The summed E-state index contributed by atoms with van der Waals surface area (Å²) in [5.74, 6) is 0. The fourth-order valence-electron chi connectivity index (χ4n) is 8.80. The molecule has 0 N–H and O–H groups in total. The highest BCUT2D eigenvalue weighted by Gasteiger charge is 2.46. The van der Waals surface area contributed by atoms with Gasteiger partial charge in [0.15, 0.2) is 11.2 Å². The Morgan fingerprint density at radius 1 is 0.365 bits per heavy atom. The fourth-order valence-corrected chi connectivity index (χ4v) is 8.80. The summed E-state index contributed by atoms with van der Waals surface area (Å²) >= 11 is 0. The van der Waals surface area contributed by atoms with Crippen LogP contribution in [0.5, 0.6) is 0 Å². The van der Waals surface area contributed by atoms with Crippen molar-refractivity contribution in [2.45, 2.75) is 5.41 Å². The second-order valence-electron chi connectivity index (χ2n) is 13.6. The Bertz CT molecular complexity index is 2820. The zero-order chi connectivity index (χ0) is 34.2. The van der Waals surface area contributed by atoms with E-state index < -0.39 is 5.41 Å². The topological polar surface area (TPSA) is 29.5 Å². The van der Waals surface area contributed by atoms with Crippen LogP contribution in [0, 0.1) is 0 Å². The van der Waals surface area contributed by atoms with Crippen LogP contribution >= 0.6 is 0 Å². The third-order valence-electron chi connectivity index (χ3n) is 10.9. The van der Waals surface area contributed by atoms with E-state index in [4.69, 9.17) is 8.83 Å². The van der Waals surface area contributed by atoms with Crippen LogP contribution in [0.3, 0.4) is 0 Å². The second kappa shape index (κ2) is 11.1. The fraction of sp³-hybridized carbons (Fsp3) is 0.0204. The lowest BCUT2D eigenvalue weighted by atomic mass is 9.67. The second-order valence-corrected chi connectivity index (χ2v) is 13.6. The van der Waals surface area contributed by atoms with Gasteiger partial charge in [0, 0.05) is 27.2 Å². The van der Waals surface area contributed by atoms with Crippen molar-refractivity contribution >= 4 is 60.9 Å². The van der Waals surface area contributed by atoms with Gasteiger partial charge in [0.05, 0.1) is 16.8 Å². The van der Waals surface area contributed by atoms with E-state index in [2.05, 4.69) is 169 Å². The van der Waals surface area contributed by atoms with Crippen LogP contribution in [-0.4, -0.2) is 0 Å². The molecule has 1 aliphatic carbocycles. The molecule has 8 aromatic carbocycles. The Morgan fingerprint density at radius 3 is 1.44 bits per heavy atom. The monoisotopic (exact) mass is 665 g/mol. The largest absolute Gasteiger partial charge is 0.454 e. The minimum absolute atomic E-state index is 0.535. The first-order valence-electron chi connectivity index (χ1n) is 17.8. The van der Waals surface area contributed by atoms with Gasteiger partial charge < -0.3 is 13.7 Å². The van der Waals surface area contributed by atoms with Gasteiger partial charge in [-0.3, -0.25) is 0 Å². The highest BCUT2D eigenvalue weighted by molar-refractivity contribution is 6.14. The number of nitrogens with zero attached hydrogens (tertiary/aromatic N) is 1. The van der Waals surface area contributed by atoms with Crippen LogP contribution in [-0.2, 0) is 5.41 Å². The number of anilines is 3. The number of rotatable bonds is 5. The normalized spacial score (nSPS) is 13.2. The highest BCUT2D eigenvalue weighted by Crippen LogP contribution is 2.57. The van der Waals surface area contributed by atoms with Gasteiger partial charge in [0.25, 0.3) is 0 Å². The molecule has 0 saturated heterocycles. The lowest BCUT2D eigenvalue weighted by Gasteiger charge is -2.34. The van der Waals surface area contributed by atoms with E-state index in [-0.39, 0.29) is 0 Å². The molecule has 1 aliphatic rings. The van der Waals surface area contributed by atoms with Gasteiger partial charge in [0.1, 0.15) is 11.2 Å². The SMILES string of the molecule is c1ccc(C2(c3ccccc3)c3ccccc3-c3ccc(N(c4cccc5c4oc4ccccc45)c4cccc5c4oc4ccccc45)cc32)cc1. The molecule has 0 amide bonds. The summed E-state index contributed by atoms with van der Waals surface area (Å²) in [5.41, 5.74) is 13.2. The maximum atomic E-state index is 6.73. The number of furan rings is 2. The minimum Gasteiger partial charge on any atom is -0.454 e. The van der Waals surface area contributed by atoms with E-state index in [1.165, 1.54) is 33.4 Å². The number of para-hydroxylation sites is 4. The summed E-state index contributed by atoms with van der Waals surface area (Å²) in [4.78, 5) is 2.33. The summed E-state index contributed by atoms with van der Waals surface area (Å²) in [6, 6.07) is 67.2. The quantitative estimate of drug-likeness (QED) is 0.183. The van der Waals surface area contributed by atoms with Crippen LogP contribution in [0.2, 0.25) is 0 Å². The Balaban J connectivity index is 1.25. The molecule has 11 rings (SSSR count). The molecule has 3 nitrogen and oxygen atoms in total. The molecule has 0 bridgehead atoms. The van der Waals surface area contributed by atoms with Gasteiger partial charge in [0.2, 0.25) is 0 Å². The average Bonchev–Trinajstić information content (AvgIpc) is 3.88. The summed E-state index contributed by atoms with van der Waals surface area (Å²) in [7, 11) is 0. The van der Waals surface area contributed by atoms with Gasteiger partial charge in [-0.15, -0.1) is 0 Å². The average molecular weight is 666 g/mol. The van der Waals surface area contributed by atoms with Crippen LogP contribution in [0.25, 0.3) is 55.0 Å². The first-order valence-corrected chi connectivity index (χ1v) is 17.8. The summed E-state index contributed by atoms with van der Waals surface area (Å²) in [6.07, 6.45) is 0. The predicted molar refractivity (Wildman–Crippen MR) is 213 cm³/mol. The summed E-state index contributed by atoms with van der Waals surface area (Å²) in [5, 5.41) is 4.34. The molecule has 2 heterocycles. The molecular formula is C49H31NO2. The Labute approximate surface area is 300 Å². The molecule has 0 spiro atoms. The van der Waals surface area contributed by atoms with E-state index in [9.17, 15) is 0 Å². The lowest BCUT2D eigenvalue weighted by Crippen LogP contribution is -2.28. The van der Waals surface area contributed by atoms with Crippen LogP contribution in [0.1, 0.15) is 22.3 Å². The highest BCUT2D eigenvalue weighted by atomic mass is 16.3. The zero-order valence-electron chi connectivity index (χ0n) is 28.2. The van der Waals surface area contributed by atoms with Gasteiger partial charge in [-0.2, -0.15) is 0 Å².